The van der Waals surface area contributed by atoms with Crippen LogP contribution >= 0.6 is 24.8 Å². The summed E-state index contributed by atoms with van der Waals surface area (Å²) in [4.78, 5) is 14.3. The Hall–Kier alpha value is -0.0300. The van der Waals surface area contributed by atoms with Crippen molar-refractivity contribution in [3.8, 4) is 0 Å². The fraction of sp³-hybridized carbons (Fsp3) is 0.917. The second-order valence-corrected chi connectivity index (χ2v) is 4.95. The van der Waals surface area contributed by atoms with Gasteiger partial charge in [-0.3, -0.25) is 9.69 Å². The summed E-state index contributed by atoms with van der Waals surface area (Å²) >= 11 is 0. The van der Waals surface area contributed by atoms with Crippen LogP contribution in [-0.4, -0.2) is 49.1 Å². The molecule has 6 heteroatoms. The van der Waals surface area contributed by atoms with Gasteiger partial charge in [0.15, 0.2) is 0 Å². The van der Waals surface area contributed by atoms with Crippen molar-refractivity contribution in [1.82, 2.24) is 15.5 Å². The Balaban J connectivity index is 0.00000144. The maximum absolute atomic E-state index is 12.0. The summed E-state index contributed by atoms with van der Waals surface area (Å²) in [5.41, 5.74) is 0. The number of nitrogens with zero attached hydrogens (tertiary/aromatic N) is 1. The zero-order chi connectivity index (χ0) is 11.4. The van der Waals surface area contributed by atoms with Crippen LogP contribution in [0.2, 0.25) is 0 Å². The molecule has 1 atom stereocenters. The van der Waals surface area contributed by atoms with Crippen molar-refractivity contribution < 1.29 is 4.79 Å². The van der Waals surface area contributed by atoms with Crippen LogP contribution in [0.25, 0.3) is 0 Å². The lowest BCUT2D eigenvalue weighted by Crippen LogP contribution is -2.53. The highest BCUT2D eigenvalue weighted by atomic mass is 35.5. The molecule has 0 bridgehead atoms. The van der Waals surface area contributed by atoms with Gasteiger partial charge in [0.25, 0.3) is 0 Å². The molecule has 1 saturated carbocycles. The summed E-state index contributed by atoms with van der Waals surface area (Å²) in [6.07, 6.45) is 4.87. The van der Waals surface area contributed by atoms with Crippen molar-refractivity contribution in [2.24, 2.45) is 0 Å². The van der Waals surface area contributed by atoms with Gasteiger partial charge in [-0.25, -0.2) is 0 Å². The van der Waals surface area contributed by atoms with E-state index in [0.717, 1.165) is 26.2 Å². The molecule has 2 aliphatic rings. The summed E-state index contributed by atoms with van der Waals surface area (Å²) in [6.45, 7) is 6.00. The van der Waals surface area contributed by atoms with Gasteiger partial charge in [0, 0.05) is 32.2 Å². The molecule has 0 aromatic rings. The second kappa shape index (κ2) is 8.97. The van der Waals surface area contributed by atoms with Crippen molar-refractivity contribution >= 4 is 30.7 Å². The number of rotatable bonds is 3. The molecule has 0 aromatic carbocycles. The van der Waals surface area contributed by atoms with Crippen LogP contribution in [0.15, 0.2) is 0 Å². The van der Waals surface area contributed by atoms with E-state index >= 15 is 0 Å². The molecular formula is C12H25Cl2N3O. The van der Waals surface area contributed by atoms with E-state index in [-0.39, 0.29) is 36.8 Å². The quantitative estimate of drug-likeness (QED) is 0.822. The molecular weight excluding hydrogens is 273 g/mol. The van der Waals surface area contributed by atoms with Crippen molar-refractivity contribution in [2.45, 2.75) is 44.7 Å². The Bertz CT molecular complexity index is 241. The number of nitrogens with one attached hydrogen (secondary N) is 2. The van der Waals surface area contributed by atoms with Gasteiger partial charge in [0.1, 0.15) is 0 Å². The lowest BCUT2D eigenvalue weighted by molar-refractivity contribution is -0.126. The molecule has 2 rings (SSSR count). The van der Waals surface area contributed by atoms with E-state index in [1.165, 1.54) is 25.7 Å². The Morgan fingerprint density at radius 1 is 1.22 bits per heavy atom. The molecule has 2 fully saturated rings. The van der Waals surface area contributed by atoms with E-state index < -0.39 is 0 Å². The first-order chi connectivity index (χ1) is 7.77. The van der Waals surface area contributed by atoms with E-state index in [1.807, 2.05) is 6.92 Å². The van der Waals surface area contributed by atoms with Crippen LogP contribution < -0.4 is 10.6 Å². The molecule has 0 spiro atoms. The minimum Gasteiger partial charge on any atom is -0.352 e. The third-order valence-corrected chi connectivity index (χ3v) is 3.78. The SMILES string of the molecule is CC(C(=O)NC1CCCC1)N1CCNCC1.Cl.Cl. The maximum Gasteiger partial charge on any atom is 0.237 e. The predicted octanol–water partition coefficient (Wildman–Crippen LogP) is 1.18. The maximum atomic E-state index is 12.0. The normalized spacial score (nSPS) is 22.7. The van der Waals surface area contributed by atoms with Crippen molar-refractivity contribution in [1.29, 1.82) is 0 Å². The zero-order valence-corrected chi connectivity index (χ0v) is 12.6. The van der Waals surface area contributed by atoms with Gasteiger partial charge in [0.05, 0.1) is 6.04 Å². The Morgan fingerprint density at radius 3 is 2.33 bits per heavy atom. The topological polar surface area (TPSA) is 44.4 Å². The average Bonchev–Trinajstić information content (AvgIpc) is 2.82. The number of carbonyl (C=O) groups excluding carboxylic acids is 1. The minimum absolute atomic E-state index is 0. The van der Waals surface area contributed by atoms with Gasteiger partial charge in [-0.1, -0.05) is 12.8 Å². The second-order valence-electron chi connectivity index (χ2n) is 4.95. The van der Waals surface area contributed by atoms with Gasteiger partial charge < -0.3 is 10.6 Å². The van der Waals surface area contributed by atoms with E-state index in [1.54, 1.807) is 0 Å². The average molecular weight is 298 g/mol. The van der Waals surface area contributed by atoms with Crippen LogP contribution in [0.4, 0.5) is 0 Å². The molecule has 0 aromatic heterocycles. The number of piperazine rings is 1. The smallest absolute Gasteiger partial charge is 0.237 e. The number of hydrogen-bond acceptors (Lipinski definition) is 3. The van der Waals surface area contributed by atoms with Gasteiger partial charge in [-0.15, -0.1) is 24.8 Å². The number of carbonyl (C=O) groups is 1. The molecule has 1 aliphatic heterocycles. The predicted molar refractivity (Wildman–Crippen MR) is 78.8 cm³/mol. The third-order valence-electron chi connectivity index (χ3n) is 3.78. The molecule has 1 saturated heterocycles. The third kappa shape index (κ3) is 4.92. The standard InChI is InChI=1S/C12H23N3O.2ClH/c1-10(15-8-6-13-7-9-15)12(16)14-11-4-2-3-5-11;;/h10-11,13H,2-9H2,1H3,(H,14,16);2*1H. The molecule has 1 unspecified atom stereocenters. The fourth-order valence-corrected chi connectivity index (χ4v) is 2.63. The van der Waals surface area contributed by atoms with Crippen molar-refractivity contribution in [2.75, 3.05) is 26.2 Å². The molecule has 4 nitrogen and oxygen atoms in total. The molecule has 108 valence electrons. The highest BCUT2D eigenvalue weighted by Gasteiger charge is 2.25. The lowest BCUT2D eigenvalue weighted by atomic mass is 10.2. The molecule has 0 radical (unpaired) electrons. The van der Waals surface area contributed by atoms with Crippen LogP contribution in [0.3, 0.4) is 0 Å². The highest BCUT2D eigenvalue weighted by Crippen LogP contribution is 2.17. The summed E-state index contributed by atoms with van der Waals surface area (Å²) < 4.78 is 0. The van der Waals surface area contributed by atoms with E-state index in [9.17, 15) is 4.79 Å². The lowest BCUT2D eigenvalue weighted by Gasteiger charge is -2.32. The van der Waals surface area contributed by atoms with Crippen LogP contribution in [0.5, 0.6) is 0 Å². The molecule has 1 heterocycles. The minimum atomic E-state index is 0. The fourth-order valence-electron chi connectivity index (χ4n) is 2.63. The summed E-state index contributed by atoms with van der Waals surface area (Å²) in [5.74, 6) is 0.216. The summed E-state index contributed by atoms with van der Waals surface area (Å²) in [7, 11) is 0. The first-order valence-electron chi connectivity index (χ1n) is 6.52. The molecule has 1 amide bonds. The highest BCUT2D eigenvalue weighted by molar-refractivity contribution is 5.85. The van der Waals surface area contributed by atoms with E-state index in [4.69, 9.17) is 0 Å². The largest absolute Gasteiger partial charge is 0.352 e. The van der Waals surface area contributed by atoms with Crippen LogP contribution in [0, 0.1) is 0 Å². The molecule has 1 aliphatic carbocycles. The summed E-state index contributed by atoms with van der Waals surface area (Å²) in [5, 5.41) is 6.48. The van der Waals surface area contributed by atoms with Gasteiger partial charge >= 0.3 is 0 Å². The van der Waals surface area contributed by atoms with Crippen molar-refractivity contribution in [3.63, 3.8) is 0 Å². The zero-order valence-electron chi connectivity index (χ0n) is 11.0. The van der Waals surface area contributed by atoms with Gasteiger partial charge in [-0.2, -0.15) is 0 Å². The number of halogens is 2. The first-order valence-corrected chi connectivity index (χ1v) is 6.52. The number of amides is 1. The number of hydrogen-bond donors (Lipinski definition) is 2. The van der Waals surface area contributed by atoms with Crippen LogP contribution in [0.1, 0.15) is 32.6 Å². The Morgan fingerprint density at radius 2 is 1.78 bits per heavy atom. The van der Waals surface area contributed by atoms with Gasteiger partial charge in [-0.05, 0) is 19.8 Å². The Kier molecular flexibility index (Phi) is 8.95. The van der Waals surface area contributed by atoms with Crippen molar-refractivity contribution in [3.05, 3.63) is 0 Å². The van der Waals surface area contributed by atoms with E-state index in [2.05, 4.69) is 15.5 Å². The summed E-state index contributed by atoms with van der Waals surface area (Å²) in [6, 6.07) is 0.473. The van der Waals surface area contributed by atoms with Gasteiger partial charge in [0.2, 0.25) is 5.91 Å². The van der Waals surface area contributed by atoms with E-state index in [0.29, 0.717) is 6.04 Å². The molecule has 18 heavy (non-hydrogen) atoms. The molecule has 2 N–H and O–H groups in total. The Labute approximate surface area is 122 Å². The van der Waals surface area contributed by atoms with Crippen LogP contribution in [-0.2, 0) is 4.79 Å². The monoisotopic (exact) mass is 297 g/mol. The first kappa shape index (κ1) is 18.0.